The molecule has 0 saturated heterocycles. The van der Waals surface area contributed by atoms with Gasteiger partial charge in [-0.3, -0.25) is 4.79 Å². The summed E-state index contributed by atoms with van der Waals surface area (Å²) >= 11 is 0. The lowest BCUT2D eigenvalue weighted by molar-refractivity contribution is -0.137. The van der Waals surface area contributed by atoms with Crippen molar-refractivity contribution in [2.75, 3.05) is 0 Å². The third kappa shape index (κ3) is 3.10. The number of amides is 1. The second-order valence-corrected chi connectivity index (χ2v) is 4.39. The van der Waals surface area contributed by atoms with Crippen LogP contribution in [0.4, 0.5) is 13.2 Å². The van der Waals surface area contributed by atoms with E-state index in [4.69, 9.17) is 11.1 Å². The number of alkyl halides is 3. The summed E-state index contributed by atoms with van der Waals surface area (Å²) in [5, 5.41) is 7.27. The third-order valence-electron chi connectivity index (χ3n) is 3.02. The van der Waals surface area contributed by atoms with Gasteiger partial charge in [0.1, 0.15) is 0 Å². The minimum absolute atomic E-state index is 0.195. The fraction of sp³-hybridized carbons (Fsp3) is 0.0667. The molecular formula is C15H11F3N2O. The Morgan fingerprint density at radius 1 is 1.05 bits per heavy atom. The van der Waals surface area contributed by atoms with Gasteiger partial charge in [0.05, 0.1) is 5.56 Å². The Hall–Kier alpha value is -2.63. The van der Waals surface area contributed by atoms with Gasteiger partial charge in [-0.25, -0.2) is 0 Å². The van der Waals surface area contributed by atoms with Crippen LogP contribution in [0.5, 0.6) is 0 Å². The van der Waals surface area contributed by atoms with E-state index in [9.17, 15) is 18.0 Å². The van der Waals surface area contributed by atoms with E-state index in [0.717, 1.165) is 18.3 Å². The first-order chi connectivity index (χ1) is 9.82. The van der Waals surface area contributed by atoms with Crippen LogP contribution in [0.15, 0.2) is 42.5 Å². The average Bonchev–Trinajstić information content (AvgIpc) is 2.45. The Morgan fingerprint density at radius 2 is 1.62 bits per heavy atom. The number of hydrogen-bond donors (Lipinski definition) is 2. The van der Waals surface area contributed by atoms with Gasteiger partial charge in [-0.2, -0.15) is 13.2 Å². The molecule has 0 heterocycles. The molecule has 0 bridgehead atoms. The van der Waals surface area contributed by atoms with Gasteiger partial charge >= 0.3 is 6.18 Å². The summed E-state index contributed by atoms with van der Waals surface area (Å²) < 4.78 is 37.5. The molecule has 6 heteroatoms. The zero-order chi connectivity index (χ0) is 15.6. The van der Waals surface area contributed by atoms with E-state index < -0.39 is 17.6 Å². The Morgan fingerprint density at radius 3 is 2.10 bits per heavy atom. The van der Waals surface area contributed by atoms with Crippen LogP contribution in [-0.2, 0) is 6.18 Å². The minimum Gasteiger partial charge on any atom is -0.366 e. The highest BCUT2D eigenvalue weighted by atomic mass is 19.4. The molecule has 1 amide bonds. The van der Waals surface area contributed by atoms with Crippen molar-refractivity contribution in [3.05, 3.63) is 59.2 Å². The van der Waals surface area contributed by atoms with E-state index in [1.54, 1.807) is 6.07 Å². The van der Waals surface area contributed by atoms with Gasteiger partial charge in [0.25, 0.3) is 0 Å². The molecule has 0 aliphatic carbocycles. The number of nitrogens with two attached hydrogens (primary N) is 1. The molecule has 2 aromatic rings. The van der Waals surface area contributed by atoms with E-state index >= 15 is 0 Å². The van der Waals surface area contributed by atoms with Crippen LogP contribution in [0.2, 0.25) is 0 Å². The number of carbonyl (C=O) groups is 1. The maximum absolute atomic E-state index is 12.5. The predicted molar refractivity (Wildman–Crippen MR) is 73.3 cm³/mol. The Labute approximate surface area is 118 Å². The van der Waals surface area contributed by atoms with Crippen LogP contribution in [-0.4, -0.2) is 12.1 Å². The molecular weight excluding hydrogens is 281 g/mol. The molecule has 0 fully saturated rings. The zero-order valence-electron chi connectivity index (χ0n) is 10.7. The summed E-state index contributed by atoms with van der Waals surface area (Å²) in [5.41, 5.74) is 6.13. The van der Waals surface area contributed by atoms with Crippen molar-refractivity contribution < 1.29 is 18.0 Å². The number of primary amides is 1. The highest BCUT2D eigenvalue weighted by Gasteiger charge is 2.29. The van der Waals surface area contributed by atoms with E-state index in [2.05, 4.69) is 0 Å². The molecule has 3 nitrogen and oxygen atoms in total. The van der Waals surface area contributed by atoms with Crippen molar-refractivity contribution in [3.8, 4) is 11.1 Å². The van der Waals surface area contributed by atoms with E-state index in [-0.39, 0.29) is 5.56 Å². The number of halogens is 3. The second-order valence-electron chi connectivity index (χ2n) is 4.39. The van der Waals surface area contributed by atoms with E-state index in [1.807, 2.05) is 0 Å². The summed E-state index contributed by atoms with van der Waals surface area (Å²) in [4.78, 5) is 11.2. The summed E-state index contributed by atoms with van der Waals surface area (Å²) in [5.74, 6) is -0.660. The number of benzene rings is 2. The highest BCUT2D eigenvalue weighted by Crippen LogP contribution is 2.31. The summed E-state index contributed by atoms with van der Waals surface area (Å²) in [6.45, 7) is 0. The number of nitrogens with one attached hydrogen (secondary N) is 1. The lowest BCUT2D eigenvalue weighted by Crippen LogP contribution is -2.13. The Kier molecular flexibility index (Phi) is 3.80. The van der Waals surface area contributed by atoms with Crippen LogP contribution in [0.25, 0.3) is 11.1 Å². The van der Waals surface area contributed by atoms with Crippen LogP contribution in [0, 0.1) is 5.41 Å². The Bertz CT molecular complexity index is 691. The predicted octanol–water partition coefficient (Wildman–Crippen LogP) is 3.47. The van der Waals surface area contributed by atoms with Gasteiger partial charge in [0, 0.05) is 17.3 Å². The maximum atomic E-state index is 12.5. The van der Waals surface area contributed by atoms with Crippen molar-refractivity contribution >= 4 is 12.1 Å². The van der Waals surface area contributed by atoms with Gasteiger partial charge < -0.3 is 11.1 Å². The van der Waals surface area contributed by atoms with E-state index in [1.165, 1.54) is 24.3 Å². The van der Waals surface area contributed by atoms with Crippen LogP contribution in [0.1, 0.15) is 21.5 Å². The van der Waals surface area contributed by atoms with Crippen molar-refractivity contribution in [1.29, 1.82) is 5.41 Å². The van der Waals surface area contributed by atoms with Crippen molar-refractivity contribution in [1.82, 2.24) is 0 Å². The number of carbonyl (C=O) groups excluding carboxylic acids is 1. The zero-order valence-corrected chi connectivity index (χ0v) is 10.7. The number of rotatable bonds is 3. The molecule has 0 radical (unpaired) electrons. The first-order valence-corrected chi connectivity index (χ1v) is 5.95. The molecule has 21 heavy (non-hydrogen) atoms. The van der Waals surface area contributed by atoms with Crippen LogP contribution in [0.3, 0.4) is 0 Å². The molecule has 0 unspecified atom stereocenters. The number of hydrogen-bond acceptors (Lipinski definition) is 2. The monoisotopic (exact) mass is 292 g/mol. The minimum atomic E-state index is -4.38. The molecule has 108 valence electrons. The van der Waals surface area contributed by atoms with Gasteiger partial charge in [-0.1, -0.05) is 18.2 Å². The first-order valence-electron chi connectivity index (χ1n) is 5.95. The molecule has 0 aliphatic rings. The van der Waals surface area contributed by atoms with Gasteiger partial charge in [-0.05, 0) is 35.4 Å². The quantitative estimate of drug-likeness (QED) is 0.836. The summed E-state index contributed by atoms with van der Waals surface area (Å²) in [7, 11) is 0. The molecule has 3 N–H and O–H groups in total. The van der Waals surface area contributed by atoms with E-state index in [0.29, 0.717) is 16.7 Å². The molecule has 2 rings (SSSR count). The SMILES string of the molecule is N=Cc1cc(-c2ccc(C(F)(F)F)cc2)ccc1C(N)=O. The average molecular weight is 292 g/mol. The smallest absolute Gasteiger partial charge is 0.366 e. The fourth-order valence-corrected chi connectivity index (χ4v) is 1.94. The summed E-state index contributed by atoms with van der Waals surface area (Å²) in [6, 6.07) is 9.23. The topological polar surface area (TPSA) is 66.9 Å². The molecule has 0 aromatic heterocycles. The van der Waals surface area contributed by atoms with Crippen molar-refractivity contribution in [3.63, 3.8) is 0 Å². The second kappa shape index (κ2) is 5.40. The van der Waals surface area contributed by atoms with Gasteiger partial charge in [-0.15, -0.1) is 0 Å². The maximum Gasteiger partial charge on any atom is 0.416 e. The lowest BCUT2D eigenvalue weighted by Gasteiger charge is -2.09. The van der Waals surface area contributed by atoms with Crippen molar-refractivity contribution in [2.45, 2.75) is 6.18 Å². The normalized spacial score (nSPS) is 11.2. The van der Waals surface area contributed by atoms with Gasteiger partial charge in [0.2, 0.25) is 5.91 Å². The molecule has 0 saturated carbocycles. The Balaban J connectivity index is 2.43. The van der Waals surface area contributed by atoms with Gasteiger partial charge in [0.15, 0.2) is 0 Å². The largest absolute Gasteiger partial charge is 0.416 e. The van der Waals surface area contributed by atoms with Crippen LogP contribution >= 0.6 is 0 Å². The molecule has 0 spiro atoms. The lowest BCUT2D eigenvalue weighted by atomic mass is 9.98. The summed E-state index contributed by atoms with van der Waals surface area (Å²) in [6.07, 6.45) is -3.40. The molecule has 2 aromatic carbocycles. The van der Waals surface area contributed by atoms with Crippen LogP contribution < -0.4 is 5.73 Å². The standard InChI is InChI=1S/C15H11F3N2O/c16-15(17,18)12-4-1-9(2-5-12)10-3-6-13(14(20)21)11(7-10)8-19/h1-8,19H,(H2,20,21). The highest BCUT2D eigenvalue weighted by molar-refractivity contribution is 6.01. The fourth-order valence-electron chi connectivity index (χ4n) is 1.94. The molecule has 0 aliphatic heterocycles. The molecule has 0 atom stereocenters. The first kappa shape index (κ1) is 14.8. The van der Waals surface area contributed by atoms with Crippen molar-refractivity contribution in [2.24, 2.45) is 5.73 Å². The third-order valence-corrected chi connectivity index (χ3v) is 3.02.